The molecule has 1 rings (SSSR count). The lowest BCUT2D eigenvalue weighted by atomic mass is 10.1. The number of thioether (sulfide) groups is 1. The molecule has 0 aliphatic carbocycles. The number of benzene rings is 1. The molecule has 0 aromatic heterocycles. The van der Waals surface area contributed by atoms with E-state index in [-0.39, 0.29) is 22.4 Å². The third-order valence-corrected chi connectivity index (χ3v) is 2.55. The van der Waals surface area contributed by atoms with Crippen LogP contribution in [0.5, 0.6) is 5.75 Å². The quantitative estimate of drug-likeness (QED) is 0.732. The third kappa shape index (κ3) is 2.83. The Hall–Kier alpha value is -0.840. The van der Waals surface area contributed by atoms with E-state index in [2.05, 4.69) is 0 Å². The Morgan fingerprint density at radius 2 is 1.79 bits per heavy atom. The van der Waals surface area contributed by atoms with Crippen molar-refractivity contribution in [2.45, 2.75) is 24.3 Å². The van der Waals surface area contributed by atoms with E-state index in [1.165, 1.54) is 6.07 Å². The SMILES string of the molecule is Cc1cc(SC(F)(F)F)cc(O)c1C. The first-order chi connectivity index (χ1) is 6.29. The molecule has 1 N–H and O–H groups in total. The second kappa shape index (κ2) is 3.73. The minimum atomic E-state index is -4.31. The molecule has 5 heteroatoms. The van der Waals surface area contributed by atoms with Crippen LogP contribution >= 0.6 is 11.8 Å². The summed E-state index contributed by atoms with van der Waals surface area (Å²) in [5.74, 6) is -0.100. The van der Waals surface area contributed by atoms with Gasteiger partial charge in [0, 0.05) is 4.90 Å². The molecule has 0 aliphatic heterocycles. The summed E-state index contributed by atoms with van der Waals surface area (Å²) < 4.78 is 36.0. The molecule has 0 radical (unpaired) electrons. The van der Waals surface area contributed by atoms with Crippen LogP contribution in [-0.2, 0) is 0 Å². The average Bonchev–Trinajstić information content (AvgIpc) is 1.96. The Balaban J connectivity index is 3.02. The maximum absolute atomic E-state index is 12.0. The minimum Gasteiger partial charge on any atom is -0.508 e. The highest BCUT2D eigenvalue weighted by molar-refractivity contribution is 8.00. The van der Waals surface area contributed by atoms with Gasteiger partial charge in [-0.1, -0.05) is 0 Å². The summed E-state index contributed by atoms with van der Waals surface area (Å²) in [5, 5.41) is 9.30. The van der Waals surface area contributed by atoms with Crippen molar-refractivity contribution in [1.29, 1.82) is 0 Å². The van der Waals surface area contributed by atoms with Crippen molar-refractivity contribution in [2.75, 3.05) is 0 Å². The van der Waals surface area contributed by atoms with Crippen LogP contribution in [0.15, 0.2) is 17.0 Å². The summed E-state index contributed by atoms with van der Waals surface area (Å²) in [7, 11) is 0. The van der Waals surface area contributed by atoms with E-state index in [0.29, 0.717) is 11.1 Å². The Morgan fingerprint density at radius 1 is 1.21 bits per heavy atom. The Kier molecular flexibility index (Phi) is 2.99. The van der Waals surface area contributed by atoms with Gasteiger partial charge < -0.3 is 5.11 Å². The van der Waals surface area contributed by atoms with E-state index in [0.717, 1.165) is 6.07 Å². The second-order valence-corrected chi connectivity index (χ2v) is 4.07. The molecule has 78 valence electrons. The molecule has 0 aliphatic rings. The molecular formula is C9H9F3OS. The van der Waals surface area contributed by atoms with Crippen LogP contribution in [0, 0.1) is 13.8 Å². The van der Waals surface area contributed by atoms with E-state index in [4.69, 9.17) is 0 Å². The van der Waals surface area contributed by atoms with Gasteiger partial charge in [-0.2, -0.15) is 13.2 Å². The maximum atomic E-state index is 12.0. The predicted molar refractivity (Wildman–Crippen MR) is 49.5 cm³/mol. The largest absolute Gasteiger partial charge is 0.508 e. The number of phenols is 1. The van der Waals surface area contributed by atoms with Gasteiger partial charge in [0.15, 0.2) is 0 Å². The van der Waals surface area contributed by atoms with Crippen molar-refractivity contribution in [1.82, 2.24) is 0 Å². The highest BCUT2D eigenvalue weighted by Gasteiger charge is 2.29. The topological polar surface area (TPSA) is 20.2 Å². The lowest BCUT2D eigenvalue weighted by molar-refractivity contribution is -0.0328. The van der Waals surface area contributed by atoms with Gasteiger partial charge in [0.05, 0.1) is 0 Å². The number of rotatable bonds is 1. The zero-order valence-corrected chi connectivity index (χ0v) is 8.46. The molecule has 0 bridgehead atoms. The van der Waals surface area contributed by atoms with E-state index in [1.54, 1.807) is 13.8 Å². The molecule has 14 heavy (non-hydrogen) atoms. The van der Waals surface area contributed by atoms with Crippen molar-refractivity contribution in [3.05, 3.63) is 23.3 Å². The van der Waals surface area contributed by atoms with Crippen molar-refractivity contribution >= 4 is 11.8 Å². The fourth-order valence-electron chi connectivity index (χ4n) is 1.00. The highest BCUT2D eigenvalue weighted by atomic mass is 32.2. The molecule has 1 nitrogen and oxygen atoms in total. The Bertz CT molecular complexity index is 323. The molecule has 0 saturated carbocycles. The van der Waals surface area contributed by atoms with Crippen LogP contribution < -0.4 is 0 Å². The number of hydrogen-bond acceptors (Lipinski definition) is 2. The van der Waals surface area contributed by atoms with Gasteiger partial charge in [-0.15, -0.1) is 0 Å². The van der Waals surface area contributed by atoms with Crippen molar-refractivity contribution in [2.24, 2.45) is 0 Å². The number of halogens is 3. The van der Waals surface area contributed by atoms with E-state index < -0.39 is 5.51 Å². The van der Waals surface area contributed by atoms with E-state index >= 15 is 0 Å². The molecule has 0 heterocycles. The molecule has 0 amide bonds. The summed E-state index contributed by atoms with van der Waals surface area (Å²) >= 11 is -0.222. The number of alkyl halides is 3. The third-order valence-electron chi connectivity index (χ3n) is 1.85. The lowest BCUT2D eigenvalue weighted by Crippen LogP contribution is -1.99. The van der Waals surface area contributed by atoms with Gasteiger partial charge in [-0.25, -0.2) is 0 Å². The standard InChI is InChI=1S/C9H9F3OS/c1-5-3-7(14-9(10,11)12)4-8(13)6(5)2/h3-4,13H,1-2H3. The van der Waals surface area contributed by atoms with Crippen molar-refractivity contribution in [3.63, 3.8) is 0 Å². The fourth-order valence-corrected chi connectivity index (χ4v) is 1.67. The van der Waals surface area contributed by atoms with E-state index in [9.17, 15) is 18.3 Å². The average molecular weight is 222 g/mol. The van der Waals surface area contributed by atoms with Crippen molar-refractivity contribution < 1.29 is 18.3 Å². The first-order valence-corrected chi connectivity index (χ1v) is 4.67. The molecule has 1 aromatic carbocycles. The number of aryl methyl sites for hydroxylation is 1. The maximum Gasteiger partial charge on any atom is 0.446 e. The summed E-state index contributed by atoms with van der Waals surface area (Å²) in [4.78, 5) is 0.0121. The molecule has 0 atom stereocenters. The molecular weight excluding hydrogens is 213 g/mol. The van der Waals surface area contributed by atoms with Gasteiger partial charge in [-0.3, -0.25) is 0 Å². The van der Waals surface area contributed by atoms with Gasteiger partial charge >= 0.3 is 5.51 Å². The number of aromatic hydroxyl groups is 1. The molecule has 0 saturated heterocycles. The lowest BCUT2D eigenvalue weighted by Gasteiger charge is -2.09. The fraction of sp³-hybridized carbons (Fsp3) is 0.333. The smallest absolute Gasteiger partial charge is 0.446 e. The van der Waals surface area contributed by atoms with Gasteiger partial charge in [0.1, 0.15) is 5.75 Å². The zero-order valence-electron chi connectivity index (χ0n) is 7.64. The van der Waals surface area contributed by atoms with Gasteiger partial charge in [0.2, 0.25) is 0 Å². The molecule has 0 unspecified atom stereocenters. The van der Waals surface area contributed by atoms with Gasteiger partial charge in [0.25, 0.3) is 0 Å². The van der Waals surface area contributed by atoms with E-state index in [1.807, 2.05) is 0 Å². The Labute approximate surface area is 83.9 Å². The predicted octanol–water partition coefficient (Wildman–Crippen LogP) is 3.62. The van der Waals surface area contributed by atoms with Crippen LogP contribution in [0.1, 0.15) is 11.1 Å². The molecule has 0 fully saturated rings. The summed E-state index contributed by atoms with van der Waals surface area (Å²) in [6.07, 6.45) is 0. The number of hydrogen-bond donors (Lipinski definition) is 1. The molecule has 0 spiro atoms. The highest BCUT2D eigenvalue weighted by Crippen LogP contribution is 2.39. The zero-order chi connectivity index (χ0) is 10.9. The normalized spacial score (nSPS) is 11.8. The summed E-state index contributed by atoms with van der Waals surface area (Å²) in [5.41, 5.74) is -3.05. The monoisotopic (exact) mass is 222 g/mol. The summed E-state index contributed by atoms with van der Waals surface area (Å²) in [6, 6.07) is 2.54. The van der Waals surface area contributed by atoms with Crippen molar-refractivity contribution in [3.8, 4) is 5.75 Å². The minimum absolute atomic E-state index is 0.0121. The van der Waals surface area contributed by atoms with Crippen LogP contribution in [0.2, 0.25) is 0 Å². The summed E-state index contributed by atoms with van der Waals surface area (Å²) in [6.45, 7) is 3.32. The Morgan fingerprint density at radius 3 is 2.21 bits per heavy atom. The van der Waals surface area contributed by atoms with Gasteiger partial charge in [-0.05, 0) is 48.9 Å². The van der Waals surface area contributed by atoms with Crippen LogP contribution in [0.4, 0.5) is 13.2 Å². The van der Waals surface area contributed by atoms with Crippen LogP contribution in [0.25, 0.3) is 0 Å². The second-order valence-electron chi connectivity index (χ2n) is 2.93. The first-order valence-electron chi connectivity index (χ1n) is 3.85. The van der Waals surface area contributed by atoms with Crippen LogP contribution in [-0.4, -0.2) is 10.6 Å². The number of phenolic OH excluding ortho intramolecular Hbond substituents is 1. The first kappa shape index (κ1) is 11.2. The van der Waals surface area contributed by atoms with Crippen LogP contribution in [0.3, 0.4) is 0 Å². The molecule has 1 aromatic rings.